The SMILES string of the molecule is CC1(c2ccccc2)c2ccccc2-c2ccc3c4ccccc4n(-c4nc(-c5ccccc5)c5ccccc5n4)c3c21. The van der Waals surface area contributed by atoms with Gasteiger partial charge in [-0.1, -0.05) is 133 Å². The van der Waals surface area contributed by atoms with Gasteiger partial charge in [-0.05, 0) is 46.9 Å². The van der Waals surface area contributed by atoms with Gasteiger partial charge in [-0.3, -0.25) is 4.57 Å². The van der Waals surface area contributed by atoms with E-state index in [2.05, 4.69) is 151 Å². The lowest BCUT2D eigenvalue weighted by atomic mass is 9.73. The van der Waals surface area contributed by atoms with Crippen molar-refractivity contribution < 1.29 is 0 Å². The summed E-state index contributed by atoms with van der Waals surface area (Å²) in [7, 11) is 0. The number of rotatable bonds is 3. The summed E-state index contributed by atoms with van der Waals surface area (Å²) in [6.07, 6.45) is 0. The van der Waals surface area contributed by atoms with Crippen LogP contribution < -0.4 is 0 Å². The first kappa shape index (κ1) is 24.1. The van der Waals surface area contributed by atoms with Crippen LogP contribution in [0.15, 0.2) is 146 Å². The monoisotopic (exact) mass is 549 g/mol. The first-order valence-corrected chi connectivity index (χ1v) is 14.8. The molecule has 1 unspecified atom stereocenters. The number of hydrogen-bond donors (Lipinski definition) is 0. The third kappa shape index (κ3) is 3.30. The zero-order valence-electron chi connectivity index (χ0n) is 23.7. The minimum Gasteiger partial charge on any atom is -0.278 e. The van der Waals surface area contributed by atoms with E-state index in [0.717, 1.165) is 33.2 Å². The Labute approximate surface area is 249 Å². The lowest BCUT2D eigenvalue weighted by Crippen LogP contribution is -2.23. The van der Waals surface area contributed by atoms with Gasteiger partial charge in [0.1, 0.15) is 0 Å². The summed E-state index contributed by atoms with van der Waals surface area (Å²) in [6.45, 7) is 2.38. The van der Waals surface area contributed by atoms with Crippen molar-refractivity contribution in [3.8, 4) is 28.3 Å². The molecular weight excluding hydrogens is 522 g/mol. The molecule has 0 bridgehead atoms. The van der Waals surface area contributed by atoms with Gasteiger partial charge in [0.25, 0.3) is 0 Å². The number of benzene rings is 6. The van der Waals surface area contributed by atoms with Crippen molar-refractivity contribution in [1.29, 1.82) is 0 Å². The Morgan fingerprint density at radius 3 is 2.05 bits per heavy atom. The van der Waals surface area contributed by atoms with Gasteiger partial charge in [0.2, 0.25) is 5.95 Å². The van der Waals surface area contributed by atoms with Crippen LogP contribution in [-0.2, 0) is 5.41 Å². The fourth-order valence-corrected chi connectivity index (χ4v) is 7.34. The lowest BCUT2D eigenvalue weighted by molar-refractivity contribution is 0.716. The van der Waals surface area contributed by atoms with Crippen LogP contribution in [0.5, 0.6) is 0 Å². The standard InChI is InChI=1S/C40H27N3/c1-40(27-16-6-3-7-17-27)33-21-11-8-18-28(33)30-24-25-31-29-19-10-13-23-35(29)43(38(31)36(30)40)39-41-34-22-12-9-20-32(34)37(42-39)26-14-4-2-5-15-26/h2-25H,1H3. The molecule has 8 aromatic rings. The normalized spacial score (nSPS) is 15.7. The summed E-state index contributed by atoms with van der Waals surface area (Å²) < 4.78 is 2.31. The maximum absolute atomic E-state index is 5.36. The number of hydrogen-bond acceptors (Lipinski definition) is 2. The second kappa shape index (κ2) is 8.98. The van der Waals surface area contributed by atoms with Crippen LogP contribution in [0.25, 0.3) is 61.0 Å². The molecule has 3 heteroatoms. The van der Waals surface area contributed by atoms with E-state index in [4.69, 9.17) is 9.97 Å². The molecule has 1 atom stereocenters. The van der Waals surface area contributed by atoms with Crippen molar-refractivity contribution in [1.82, 2.24) is 14.5 Å². The highest BCUT2D eigenvalue weighted by atomic mass is 15.2. The summed E-state index contributed by atoms with van der Waals surface area (Å²) in [5.41, 5.74) is 11.3. The van der Waals surface area contributed by atoms with E-state index < -0.39 is 0 Å². The van der Waals surface area contributed by atoms with Gasteiger partial charge >= 0.3 is 0 Å². The second-order valence-electron chi connectivity index (χ2n) is 11.5. The molecule has 6 aromatic carbocycles. The fraction of sp³-hybridized carbons (Fsp3) is 0.0500. The third-order valence-corrected chi connectivity index (χ3v) is 9.28. The molecule has 0 saturated heterocycles. The topological polar surface area (TPSA) is 30.7 Å². The van der Waals surface area contributed by atoms with Crippen molar-refractivity contribution in [2.45, 2.75) is 12.3 Å². The number of nitrogens with zero attached hydrogens (tertiary/aromatic N) is 3. The Kier molecular flexibility index (Phi) is 5.03. The molecule has 0 aliphatic heterocycles. The summed E-state index contributed by atoms with van der Waals surface area (Å²) in [4.78, 5) is 10.6. The summed E-state index contributed by atoms with van der Waals surface area (Å²) in [5.74, 6) is 0.684. The Balaban J connectivity index is 1.47. The smallest absolute Gasteiger partial charge is 0.235 e. The maximum Gasteiger partial charge on any atom is 0.235 e. The molecule has 2 aromatic heterocycles. The zero-order chi connectivity index (χ0) is 28.5. The van der Waals surface area contributed by atoms with Crippen LogP contribution in [0.1, 0.15) is 23.6 Å². The predicted molar refractivity (Wildman–Crippen MR) is 177 cm³/mol. The van der Waals surface area contributed by atoms with E-state index in [9.17, 15) is 0 Å². The molecule has 1 aliphatic carbocycles. The van der Waals surface area contributed by atoms with Gasteiger partial charge in [0.05, 0.1) is 22.2 Å². The molecule has 202 valence electrons. The van der Waals surface area contributed by atoms with Crippen LogP contribution in [0.4, 0.5) is 0 Å². The molecule has 1 aliphatic rings. The average molecular weight is 550 g/mol. The van der Waals surface area contributed by atoms with Crippen LogP contribution in [0.3, 0.4) is 0 Å². The van der Waals surface area contributed by atoms with Crippen LogP contribution >= 0.6 is 0 Å². The van der Waals surface area contributed by atoms with E-state index in [-0.39, 0.29) is 5.41 Å². The van der Waals surface area contributed by atoms with E-state index in [0.29, 0.717) is 5.95 Å². The molecule has 0 fully saturated rings. The maximum atomic E-state index is 5.36. The van der Waals surface area contributed by atoms with E-state index in [1.807, 2.05) is 6.07 Å². The van der Waals surface area contributed by atoms with Crippen LogP contribution in [0.2, 0.25) is 0 Å². The Morgan fingerprint density at radius 2 is 1.21 bits per heavy atom. The van der Waals surface area contributed by atoms with Gasteiger partial charge in [-0.25, -0.2) is 9.97 Å². The third-order valence-electron chi connectivity index (χ3n) is 9.28. The zero-order valence-corrected chi connectivity index (χ0v) is 23.7. The quantitative estimate of drug-likeness (QED) is 0.220. The molecule has 0 amide bonds. The van der Waals surface area contributed by atoms with Crippen LogP contribution in [-0.4, -0.2) is 14.5 Å². The number of fused-ring (bicyclic) bond motifs is 8. The first-order valence-electron chi connectivity index (χ1n) is 14.8. The molecule has 0 spiro atoms. The molecule has 0 radical (unpaired) electrons. The first-order chi connectivity index (χ1) is 21.2. The number of para-hydroxylation sites is 2. The van der Waals surface area contributed by atoms with Crippen molar-refractivity contribution in [2.75, 3.05) is 0 Å². The Bertz CT molecular complexity index is 2350. The molecular formula is C40H27N3. The minimum absolute atomic E-state index is 0.363. The average Bonchev–Trinajstić information content (AvgIpc) is 3.55. The van der Waals surface area contributed by atoms with Crippen molar-refractivity contribution in [3.63, 3.8) is 0 Å². The van der Waals surface area contributed by atoms with E-state index in [1.54, 1.807) is 0 Å². The molecule has 2 heterocycles. The molecule has 43 heavy (non-hydrogen) atoms. The van der Waals surface area contributed by atoms with Crippen molar-refractivity contribution in [2.24, 2.45) is 0 Å². The lowest BCUT2D eigenvalue weighted by Gasteiger charge is -2.29. The van der Waals surface area contributed by atoms with E-state index >= 15 is 0 Å². The van der Waals surface area contributed by atoms with Crippen LogP contribution in [0, 0.1) is 0 Å². The summed E-state index contributed by atoms with van der Waals surface area (Å²) in [6, 6.07) is 51.8. The Hall–Kier alpha value is -5.54. The van der Waals surface area contributed by atoms with E-state index in [1.165, 1.54) is 38.6 Å². The summed E-state index contributed by atoms with van der Waals surface area (Å²) >= 11 is 0. The van der Waals surface area contributed by atoms with Crippen molar-refractivity contribution >= 4 is 32.7 Å². The van der Waals surface area contributed by atoms with Gasteiger partial charge in [0, 0.05) is 27.1 Å². The predicted octanol–water partition coefficient (Wildman–Crippen LogP) is 9.73. The largest absolute Gasteiger partial charge is 0.278 e. The number of aromatic nitrogens is 3. The van der Waals surface area contributed by atoms with Gasteiger partial charge < -0.3 is 0 Å². The van der Waals surface area contributed by atoms with Gasteiger partial charge in [0.15, 0.2) is 0 Å². The highest BCUT2D eigenvalue weighted by Crippen LogP contribution is 2.55. The van der Waals surface area contributed by atoms with Gasteiger partial charge in [-0.15, -0.1) is 0 Å². The van der Waals surface area contributed by atoms with Gasteiger partial charge in [-0.2, -0.15) is 0 Å². The minimum atomic E-state index is -0.363. The second-order valence-corrected chi connectivity index (χ2v) is 11.5. The van der Waals surface area contributed by atoms with Crippen molar-refractivity contribution in [3.05, 3.63) is 162 Å². The molecule has 0 N–H and O–H groups in total. The Morgan fingerprint density at radius 1 is 0.535 bits per heavy atom. The molecule has 3 nitrogen and oxygen atoms in total. The fourth-order valence-electron chi connectivity index (χ4n) is 7.34. The highest BCUT2D eigenvalue weighted by Gasteiger charge is 2.43. The molecule has 9 rings (SSSR count). The highest BCUT2D eigenvalue weighted by molar-refractivity contribution is 6.13. The molecule has 0 saturated carbocycles. The summed E-state index contributed by atoms with van der Waals surface area (Å²) in [5, 5.41) is 3.46.